The number of aliphatic hydroxyl groups is 1. The molecule has 3 aromatic rings. The molecule has 0 saturated carbocycles. The second-order valence-corrected chi connectivity index (χ2v) is 7.44. The van der Waals surface area contributed by atoms with E-state index in [4.69, 9.17) is 16.3 Å². The van der Waals surface area contributed by atoms with E-state index in [-0.39, 0.29) is 10.7 Å². The van der Waals surface area contributed by atoms with Gasteiger partial charge in [-0.1, -0.05) is 65.7 Å². The van der Waals surface area contributed by atoms with Gasteiger partial charge in [-0.05, 0) is 37.6 Å². The minimum absolute atomic E-state index is 0.258. The zero-order valence-corrected chi connectivity index (χ0v) is 17.3. The lowest BCUT2D eigenvalue weighted by molar-refractivity contribution is -0.171. The van der Waals surface area contributed by atoms with Gasteiger partial charge in [-0.2, -0.15) is 0 Å². The number of ether oxygens (including phenoxy) is 1. The topological polar surface area (TPSA) is 71.5 Å². The summed E-state index contributed by atoms with van der Waals surface area (Å²) in [5.74, 6) is -0.812. The van der Waals surface area contributed by atoms with Gasteiger partial charge in [-0.3, -0.25) is 0 Å². The zero-order chi connectivity index (χ0) is 21.1. The molecule has 0 unspecified atom stereocenters. The number of nitrogens with zero attached hydrogens (tertiary/aromatic N) is 1. The Hall–Kier alpha value is -2.89. The summed E-state index contributed by atoms with van der Waals surface area (Å²) < 4.78 is 5.03. The third-order valence-electron chi connectivity index (χ3n) is 5.15. The Morgan fingerprint density at radius 3 is 2.24 bits per heavy atom. The van der Waals surface area contributed by atoms with E-state index in [1.54, 1.807) is 13.0 Å². The molecular formula is C23H23ClN2O3. The molecule has 0 aliphatic heterocycles. The van der Waals surface area contributed by atoms with Gasteiger partial charge in [-0.25, -0.2) is 9.78 Å². The lowest BCUT2D eigenvalue weighted by Crippen LogP contribution is -2.57. The van der Waals surface area contributed by atoms with Crippen LogP contribution in [0.1, 0.15) is 23.6 Å². The maximum atomic E-state index is 13.0. The van der Waals surface area contributed by atoms with Crippen molar-refractivity contribution in [1.29, 1.82) is 0 Å². The molecule has 2 N–H and O–H groups in total. The Bertz CT molecular complexity index is 977. The summed E-state index contributed by atoms with van der Waals surface area (Å²) in [5, 5.41) is 15.5. The summed E-state index contributed by atoms with van der Waals surface area (Å²) in [6, 6.07) is 20.1. The van der Waals surface area contributed by atoms with Crippen LogP contribution >= 0.6 is 11.6 Å². The van der Waals surface area contributed by atoms with Crippen LogP contribution in [-0.4, -0.2) is 23.2 Å². The Balaban J connectivity index is 2.24. The predicted octanol–water partition coefficient (Wildman–Crippen LogP) is 4.43. The molecule has 5 nitrogen and oxygen atoms in total. The Kier molecular flexibility index (Phi) is 5.91. The van der Waals surface area contributed by atoms with E-state index in [1.807, 2.05) is 61.5 Å². The maximum Gasteiger partial charge on any atom is 0.345 e. The van der Waals surface area contributed by atoms with E-state index >= 15 is 0 Å². The number of methoxy groups -OCH3 is 1. The number of aromatic nitrogens is 1. The van der Waals surface area contributed by atoms with Crippen molar-refractivity contribution in [3.63, 3.8) is 0 Å². The molecule has 0 saturated heterocycles. The van der Waals surface area contributed by atoms with Crippen LogP contribution in [0.5, 0.6) is 0 Å². The van der Waals surface area contributed by atoms with Crippen LogP contribution in [0.4, 0.5) is 5.69 Å². The van der Waals surface area contributed by atoms with Crippen LogP contribution in [0.15, 0.2) is 72.9 Å². The number of nitrogens with one attached hydrogen (secondary N) is 1. The van der Waals surface area contributed by atoms with Gasteiger partial charge < -0.3 is 15.2 Å². The molecule has 2 aromatic carbocycles. The summed E-state index contributed by atoms with van der Waals surface area (Å²) in [4.78, 5) is 17.1. The fraction of sp³-hybridized carbons (Fsp3) is 0.217. The fourth-order valence-corrected chi connectivity index (χ4v) is 3.53. The summed E-state index contributed by atoms with van der Waals surface area (Å²) in [7, 11) is 1.24. The highest BCUT2D eigenvalue weighted by atomic mass is 35.5. The monoisotopic (exact) mass is 410 g/mol. The van der Waals surface area contributed by atoms with Gasteiger partial charge in [0.05, 0.1) is 7.11 Å². The number of rotatable bonds is 6. The second kappa shape index (κ2) is 8.23. The SMILES string of the molecule is COC(=O)[C@](O)(c1ccc(Cl)nc1)[C@@](C)(Nc1ccc(C)cc1)c1ccccc1. The molecule has 1 aromatic heterocycles. The Labute approximate surface area is 175 Å². The number of hydrogen-bond donors (Lipinski definition) is 2. The van der Waals surface area contributed by atoms with Crippen LogP contribution in [0, 0.1) is 6.92 Å². The van der Waals surface area contributed by atoms with Crippen molar-refractivity contribution in [3.8, 4) is 0 Å². The number of aryl methyl sites for hydroxylation is 1. The second-order valence-electron chi connectivity index (χ2n) is 7.05. The van der Waals surface area contributed by atoms with Crippen LogP contribution in [0.2, 0.25) is 5.15 Å². The zero-order valence-electron chi connectivity index (χ0n) is 16.5. The van der Waals surface area contributed by atoms with Gasteiger partial charge in [0.25, 0.3) is 0 Å². The number of benzene rings is 2. The fourth-order valence-electron chi connectivity index (χ4n) is 3.42. The third kappa shape index (κ3) is 3.84. The number of anilines is 1. The molecule has 6 heteroatoms. The van der Waals surface area contributed by atoms with Gasteiger partial charge in [0.1, 0.15) is 10.7 Å². The number of pyridine rings is 1. The predicted molar refractivity (Wildman–Crippen MR) is 114 cm³/mol. The van der Waals surface area contributed by atoms with Crippen molar-refractivity contribution in [2.75, 3.05) is 12.4 Å². The average molecular weight is 411 g/mol. The van der Waals surface area contributed by atoms with Gasteiger partial charge in [0.2, 0.25) is 5.60 Å². The maximum absolute atomic E-state index is 13.0. The first kappa shape index (κ1) is 20.8. The lowest BCUT2D eigenvalue weighted by Gasteiger charge is -2.44. The van der Waals surface area contributed by atoms with E-state index in [2.05, 4.69) is 10.3 Å². The molecule has 0 bridgehead atoms. The smallest absolute Gasteiger partial charge is 0.345 e. The van der Waals surface area contributed by atoms with E-state index in [0.717, 1.165) is 11.3 Å². The summed E-state index contributed by atoms with van der Waals surface area (Å²) in [6.07, 6.45) is 1.39. The third-order valence-corrected chi connectivity index (χ3v) is 5.37. The number of carbonyl (C=O) groups excluding carboxylic acids is 1. The van der Waals surface area contributed by atoms with Crippen molar-refractivity contribution in [2.45, 2.75) is 25.0 Å². The molecule has 2 atom stereocenters. The first-order chi connectivity index (χ1) is 13.8. The summed E-state index contributed by atoms with van der Waals surface area (Å²) in [6.45, 7) is 3.75. The van der Waals surface area contributed by atoms with Gasteiger partial charge in [-0.15, -0.1) is 0 Å². The Morgan fingerprint density at radius 1 is 1.03 bits per heavy atom. The normalized spacial score (nSPS) is 15.1. The minimum atomic E-state index is -2.09. The highest BCUT2D eigenvalue weighted by Gasteiger charge is 2.56. The minimum Gasteiger partial charge on any atom is -0.467 e. The number of hydrogen-bond acceptors (Lipinski definition) is 5. The van der Waals surface area contributed by atoms with Gasteiger partial charge >= 0.3 is 5.97 Å². The highest BCUT2D eigenvalue weighted by molar-refractivity contribution is 6.29. The van der Waals surface area contributed by atoms with Crippen molar-refractivity contribution >= 4 is 23.3 Å². The average Bonchev–Trinajstić information content (AvgIpc) is 2.75. The first-order valence-electron chi connectivity index (χ1n) is 9.14. The summed E-state index contributed by atoms with van der Waals surface area (Å²) in [5.41, 5.74) is -0.575. The first-order valence-corrected chi connectivity index (χ1v) is 9.52. The summed E-state index contributed by atoms with van der Waals surface area (Å²) >= 11 is 5.93. The van der Waals surface area contributed by atoms with E-state index in [9.17, 15) is 9.90 Å². The highest BCUT2D eigenvalue weighted by Crippen LogP contribution is 2.44. The molecule has 150 valence electrons. The molecule has 0 spiro atoms. The quantitative estimate of drug-likeness (QED) is 0.464. The molecule has 29 heavy (non-hydrogen) atoms. The van der Waals surface area contributed by atoms with Crippen LogP contribution in [-0.2, 0) is 20.7 Å². The van der Waals surface area contributed by atoms with Gasteiger partial charge in [0.15, 0.2) is 0 Å². The molecule has 1 heterocycles. The molecule has 0 amide bonds. The molecule has 0 radical (unpaired) electrons. The molecule has 0 aliphatic carbocycles. The molecule has 0 fully saturated rings. The van der Waals surface area contributed by atoms with E-state index < -0.39 is 17.1 Å². The standard InChI is InChI=1S/C23H23ClN2O3/c1-16-9-12-19(13-10-16)26-22(2,17-7-5-4-6-8-17)23(28,21(27)29-3)18-11-14-20(24)25-15-18/h4-15,26,28H,1-3H3/t22-,23+/m0/s1. The van der Waals surface area contributed by atoms with Crippen molar-refractivity contribution in [3.05, 3.63) is 94.8 Å². The largest absolute Gasteiger partial charge is 0.467 e. The molecule has 3 rings (SSSR count). The van der Waals surface area contributed by atoms with Crippen LogP contribution in [0.25, 0.3) is 0 Å². The lowest BCUT2D eigenvalue weighted by atomic mass is 9.72. The van der Waals surface area contributed by atoms with Crippen molar-refractivity contribution in [1.82, 2.24) is 4.98 Å². The molecular weight excluding hydrogens is 388 g/mol. The van der Waals surface area contributed by atoms with Crippen LogP contribution in [0.3, 0.4) is 0 Å². The van der Waals surface area contributed by atoms with E-state index in [1.165, 1.54) is 19.4 Å². The van der Waals surface area contributed by atoms with E-state index in [0.29, 0.717) is 5.56 Å². The Morgan fingerprint density at radius 2 is 1.69 bits per heavy atom. The number of carbonyl (C=O) groups is 1. The number of halogens is 1. The number of esters is 1. The van der Waals surface area contributed by atoms with Gasteiger partial charge in [0, 0.05) is 17.4 Å². The van der Waals surface area contributed by atoms with Crippen molar-refractivity contribution < 1.29 is 14.6 Å². The molecule has 0 aliphatic rings. The van der Waals surface area contributed by atoms with Crippen molar-refractivity contribution in [2.24, 2.45) is 0 Å². The van der Waals surface area contributed by atoms with Crippen LogP contribution < -0.4 is 5.32 Å².